The van der Waals surface area contributed by atoms with Crippen molar-refractivity contribution in [3.05, 3.63) is 35.4 Å². The first-order valence-corrected chi connectivity index (χ1v) is 5.74. The molecule has 0 saturated heterocycles. The number of hydrogen-bond donors (Lipinski definition) is 0. The predicted octanol–water partition coefficient (Wildman–Crippen LogP) is 3.04. The van der Waals surface area contributed by atoms with Crippen LogP contribution in [0, 0.1) is 23.7 Å². The van der Waals surface area contributed by atoms with Crippen molar-refractivity contribution in [2.75, 3.05) is 0 Å². The summed E-state index contributed by atoms with van der Waals surface area (Å²) in [6.45, 7) is 6.20. The Hall–Kier alpha value is -1.82. The Morgan fingerprint density at radius 3 is 2.59 bits per heavy atom. The summed E-state index contributed by atoms with van der Waals surface area (Å²) in [6, 6.07) is 10.4. The van der Waals surface area contributed by atoms with E-state index in [4.69, 9.17) is 10.1 Å². The van der Waals surface area contributed by atoms with E-state index in [1.165, 1.54) is 5.56 Å². The molecule has 3 heteroatoms. The Bertz CT molecular complexity index is 480. The van der Waals surface area contributed by atoms with Gasteiger partial charge in [0, 0.05) is 5.56 Å². The fourth-order valence-electron chi connectivity index (χ4n) is 2.03. The highest BCUT2D eigenvalue weighted by Gasteiger charge is 2.42. The van der Waals surface area contributed by atoms with Gasteiger partial charge in [-0.05, 0) is 6.92 Å². The fourth-order valence-corrected chi connectivity index (χ4v) is 2.03. The van der Waals surface area contributed by atoms with E-state index in [-0.39, 0.29) is 11.5 Å². The van der Waals surface area contributed by atoms with Gasteiger partial charge >= 0.3 is 0 Å². The predicted molar refractivity (Wildman–Crippen MR) is 66.6 cm³/mol. The smallest absolute Gasteiger partial charge is 0.151 e. The minimum atomic E-state index is -0.217. The third kappa shape index (κ3) is 2.03. The SMILES string of the molecule is Cc1ccc(C2=NOC(CC#N)C2(C)C)cc1. The minimum Gasteiger partial charge on any atom is -0.390 e. The number of benzene rings is 1. The molecule has 88 valence electrons. The van der Waals surface area contributed by atoms with Crippen LogP contribution < -0.4 is 0 Å². The molecule has 1 aliphatic heterocycles. The van der Waals surface area contributed by atoms with Crippen LogP contribution in [0.4, 0.5) is 0 Å². The maximum Gasteiger partial charge on any atom is 0.151 e. The highest BCUT2D eigenvalue weighted by Crippen LogP contribution is 2.36. The van der Waals surface area contributed by atoms with E-state index < -0.39 is 0 Å². The number of oxime groups is 1. The lowest BCUT2D eigenvalue weighted by Crippen LogP contribution is -2.33. The lowest BCUT2D eigenvalue weighted by atomic mass is 9.78. The van der Waals surface area contributed by atoms with Crippen molar-refractivity contribution in [3.8, 4) is 6.07 Å². The topological polar surface area (TPSA) is 45.4 Å². The molecule has 0 radical (unpaired) electrons. The lowest BCUT2D eigenvalue weighted by Gasteiger charge is -2.24. The van der Waals surface area contributed by atoms with Crippen molar-refractivity contribution < 1.29 is 4.84 Å². The van der Waals surface area contributed by atoms with Gasteiger partial charge in [-0.3, -0.25) is 0 Å². The first-order valence-electron chi connectivity index (χ1n) is 5.74. The molecule has 0 aliphatic carbocycles. The first-order chi connectivity index (χ1) is 8.05. The number of nitriles is 1. The molecule has 0 amide bonds. The van der Waals surface area contributed by atoms with Gasteiger partial charge in [0.15, 0.2) is 6.10 Å². The van der Waals surface area contributed by atoms with Gasteiger partial charge in [0.2, 0.25) is 0 Å². The third-order valence-electron chi connectivity index (χ3n) is 3.29. The van der Waals surface area contributed by atoms with Crippen molar-refractivity contribution in [1.29, 1.82) is 5.26 Å². The number of hydrogen-bond acceptors (Lipinski definition) is 3. The van der Waals surface area contributed by atoms with Gasteiger partial charge in [-0.2, -0.15) is 5.26 Å². The molecule has 17 heavy (non-hydrogen) atoms. The monoisotopic (exact) mass is 228 g/mol. The van der Waals surface area contributed by atoms with Crippen LogP contribution in [0.2, 0.25) is 0 Å². The van der Waals surface area contributed by atoms with Crippen LogP contribution in [-0.2, 0) is 4.84 Å². The quantitative estimate of drug-likeness (QED) is 0.781. The van der Waals surface area contributed by atoms with E-state index >= 15 is 0 Å². The second-order valence-electron chi connectivity index (χ2n) is 4.98. The van der Waals surface area contributed by atoms with Gasteiger partial charge in [0.25, 0.3) is 0 Å². The fraction of sp³-hybridized carbons (Fsp3) is 0.429. The van der Waals surface area contributed by atoms with Crippen molar-refractivity contribution in [2.45, 2.75) is 33.3 Å². The van der Waals surface area contributed by atoms with Crippen LogP contribution in [0.15, 0.2) is 29.4 Å². The summed E-state index contributed by atoms with van der Waals surface area (Å²) in [5.74, 6) is 0. The summed E-state index contributed by atoms with van der Waals surface area (Å²) in [6.07, 6.45) is 0.218. The molecule has 2 rings (SSSR count). The van der Waals surface area contributed by atoms with E-state index in [1.807, 2.05) is 12.1 Å². The zero-order chi connectivity index (χ0) is 12.5. The van der Waals surface area contributed by atoms with Crippen LogP contribution in [0.3, 0.4) is 0 Å². The molecule has 1 heterocycles. The number of aryl methyl sites for hydroxylation is 1. The zero-order valence-electron chi connectivity index (χ0n) is 10.4. The van der Waals surface area contributed by atoms with Crippen molar-refractivity contribution >= 4 is 5.71 Å². The van der Waals surface area contributed by atoms with Gasteiger partial charge in [-0.25, -0.2) is 0 Å². The molecule has 0 N–H and O–H groups in total. The molecular weight excluding hydrogens is 212 g/mol. The summed E-state index contributed by atoms with van der Waals surface area (Å²) >= 11 is 0. The Morgan fingerprint density at radius 2 is 2.00 bits per heavy atom. The van der Waals surface area contributed by atoms with Crippen LogP contribution in [0.25, 0.3) is 0 Å². The maximum absolute atomic E-state index is 8.77. The summed E-state index contributed by atoms with van der Waals surface area (Å²) < 4.78 is 0. The molecule has 3 nitrogen and oxygen atoms in total. The van der Waals surface area contributed by atoms with E-state index in [0.717, 1.165) is 11.3 Å². The molecule has 0 aromatic heterocycles. The molecule has 0 spiro atoms. The molecular formula is C14H16N2O. The molecule has 0 saturated carbocycles. The largest absolute Gasteiger partial charge is 0.390 e. The number of rotatable bonds is 2. The molecule has 1 aliphatic rings. The van der Waals surface area contributed by atoms with Crippen LogP contribution in [0.1, 0.15) is 31.4 Å². The Balaban J connectivity index is 2.29. The molecule has 1 aromatic carbocycles. The molecule has 1 aromatic rings. The summed E-state index contributed by atoms with van der Waals surface area (Å²) in [5.41, 5.74) is 3.00. The van der Waals surface area contributed by atoms with E-state index in [1.54, 1.807) is 0 Å². The highest BCUT2D eigenvalue weighted by atomic mass is 16.6. The van der Waals surface area contributed by atoms with Crippen LogP contribution in [0.5, 0.6) is 0 Å². The average molecular weight is 228 g/mol. The van der Waals surface area contributed by atoms with E-state index in [2.05, 4.69) is 44.1 Å². The van der Waals surface area contributed by atoms with Gasteiger partial charge in [0.1, 0.15) is 0 Å². The molecule has 0 fully saturated rings. The van der Waals surface area contributed by atoms with E-state index in [9.17, 15) is 0 Å². The number of nitrogens with zero attached hydrogens (tertiary/aromatic N) is 2. The van der Waals surface area contributed by atoms with Gasteiger partial charge < -0.3 is 4.84 Å². The Morgan fingerprint density at radius 1 is 1.35 bits per heavy atom. The standard InChI is InChI=1S/C14H16N2O/c1-10-4-6-11(7-5-10)13-14(2,3)12(8-9-15)17-16-13/h4-7,12H,8H2,1-3H3. The molecule has 1 atom stereocenters. The molecule has 0 bridgehead atoms. The van der Waals surface area contributed by atoms with E-state index in [0.29, 0.717) is 6.42 Å². The lowest BCUT2D eigenvalue weighted by molar-refractivity contribution is 0.0403. The van der Waals surface area contributed by atoms with Crippen LogP contribution >= 0.6 is 0 Å². The Kier molecular flexibility index (Phi) is 2.89. The summed E-state index contributed by atoms with van der Waals surface area (Å²) in [4.78, 5) is 5.37. The van der Waals surface area contributed by atoms with Gasteiger partial charge in [-0.15, -0.1) is 0 Å². The minimum absolute atomic E-state index is 0.149. The van der Waals surface area contributed by atoms with Gasteiger partial charge in [0.05, 0.1) is 23.6 Å². The zero-order valence-corrected chi connectivity index (χ0v) is 10.4. The average Bonchev–Trinajstić information content (AvgIpc) is 2.57. The third-order valence-corrected chi connectivity index (χ3v) is 3.29. The Labute approximate surface area is 102 Å². The second kappa shape index (κ2) is 4.21. The summed E-state index contributed by atoms with van der Waals surface area (Å²) in [7, 11) is 0. The maximum atomic E-state index is 8.77. The van der Waals surface area contributed by atoms with Crippen LogP contribution in [-0.4, -0.2) is 11.8 Å². The van der Waals surface area contributed by atoms with Crippen molar-refractivity contribution in [3.63, 3.8) is 0 Å². The molecule has 1 unspecified atom stereocenters. The first kappa shape index (κ1) is 11.7. The van der Waals surface area contributed by atoms with Crippen molar-refractivity contribution in [1.82, 2.24) is 0 Å². The second-order valence-corrected chi connectivity index (χ2v) is 4.98. The normalized spacial score (nSPS) is 21.5. The summed E-state index contributed by atoms with van der Waals surface area (Å²) in [5, 5.41) is 12.9. The highest BCUT2D eigenvalue weighted by molar-refractivity contribution is 6.05. The van der Waals surface area contributed by atoms with Crippen molar-refractivity contribution in [2.24, 2.45) is 10.6 Å². The van der Waals surface area contributed by atoms with Gasteiger partial charge in [-0.1, -0.05) is 48.8 Å².